The van der Waals surface area contributed by atoms with Crippen LogP contribution in [0.2, 0.25) is 0 Å². The van der Waals surface area contributed by atoms with E-state index in [0.29, 0.717) is 12.0 Å². The van der Waals surface area contributed by atoms with Gasteiger partial charge in [-0.1, -0.05) is 32.0 Å². The van der Waals surface area contributed by atoms with E-state index in [1.807, 2.05) is 18.2 Å². The van der Waals surface area contributed by atoms with Gasteiger partial charge >= 0.3 is 0 Å². The first-order valence-corrected chi connectivity index (χ1v) is 6.75. The molecule has 3 atom stereocenters. The van der Waals surface area contributed by atoms with Crippen molar-refractivity contribution in [2.45, 2.75) is 31.9 Å². The third-order valence-electron chi connectivity index (χ3n) is 5.02. The van der Waals surface area contributed by atoms with Crippen molar-refractivity contribution in [2.24, 2.45) is 17.1 Å². The molecule has 1 aliphatic carbocycles. The van der Waals surface area contributed by atoms with Gasteiger partial charge in [0, 0.05) is 35.7 Å². The van der Waals surface area contributed by atoms with Crippen molar-refractivity contribution in [3.8, 4) is 0 Å². The van der Waals surface area contributed by atoms with Crippen molar-refractivity contribution in [1.29, 1.82) is 0 Å². The zero-order chi connectivity index (χ0) is 12.8. The number of fused-ring (bicyclic) bond motifs is 1. The van der Waals surface area contributed by atoms with Crippen LogP contribution < -0.4 is 11.1 Å². The van der Waals surface area contributed by atoms with Gasteiger partial charge in [-0.05, 0) is 18.6 Å². The number of benzene rings is 1. The van der Waals surface area contributed by atoms with Crippen LogP contribution in [0.5, 0.6) is 0 Å². The van der Waals surface area contributed by atoms with Crippen LogP contribution in [0.1, 0.15) is 20.3 Å². The quantitative estimate of drug-likeness (QED) is 0.860. The second kappa shape index (κ2) is 3.97. The molecular weight excluding hydrogens is 224 g/mol. The minimum atomic E-state index is -0.163. The third kappa shape index (κ3) is 1.50. The van der Waals surface area contributed by atoms with Gasteiger partial charge in [-0.15, -0.1) is 0 Å². The Labute approximate surface area is 109 Å². The normalized spacial score (nSPS) is 36.8. The number of ether oxygens (including phenoxy) is 1. The summed E-state index contributed by atoms with van der Waals surface area (Å²) in [7, 11) is 0. The Kier molecular flexibility index (Phi) is 2.65. The van der Waals surface area contributed by atoms with E-state index in [4.69, 9.17) is 10.5 Å². The molecule has 0 spiro atoms. The van der Waals surface area contributed by atoms with E-state index >= 15 is 0 Å². The minimum Gasteiger partial charge on any atom is -0.383 e. The van der Waals surface area contributed by atoms with Crippen LogP contribution >= 0.6 is 0 Å². The van der Waals surface area contributed by atoms with E-state index in [-0.39, 0.29) is 11.0 Å². The first kappa shape index (κ1) is 12.0. The van der Waals surface area contributed by atoms with Gasteiger partial charge in [0.1, 0.15) is 0 Å². The Balaban J connectivity index is 1.72. The number of hydrogen-bond acceptors (Lipinski definition) is 3. The van der Waals surface area contributed by atoms with Crippen molar-refractivity contribution in [2.75, 3.05) is 18.5 Å². The van der Waals surface area contributed by atoms with Gasteiger partial charge in [-0.25, -0.2) is 0 Å². The minimum absolute atomic E-state index is 0.0515. The summed E-state index contributed by atoms with van der Waals surface area (Å²) in [4.78, 5) is 0. The van der Waals surface area contributed by atoms with Gasteiger partial charge < -0.3 is 15.8 Å². The topological polar surface area (TPSA) is 47.3 Å². The van der Waals surface area contributed by atoms with Gasteiger partial charge in [-0.2, -0.15) is 0 Å². The average Bonchev–Trinajstić information content (AvgIpc) is 2.85. The van der Waals surface area contributed by atoms with E-state index in [1.54, 1.807) is 0 Å². The lowest BCUT2D eigenvalue weighted by Crippen LogP contribution is -2.77. The molecule has 3 unspecified atom stereocenters. The fourth-order valence-electron chi connectivity index (χ4n) is 3.64. The summed E-state index contributed by atoms with van der Waals surface area (Å²) in [5.41, 5.74) is 7.70. The fourth-order valence-corrected chi connectivity index (χ4v) is 3.64. The molecule has 1 aromatic rings. The molecule has 3 nitrogen and oxygen atoms in total. The van der Waals surface area contributed by atoms with E-state index < -0.39 is 0 Å². The second-order valence-electron chi connectivity index (χ2n) is 6.17. The smallest absolute Gasteiger partial charge is 0.0691 e. The van der Waals surface area contributed by atoms with Gasteiger partial charge in [0.05, 0.1) is 6.10 Å². The molecule has 2 aliphatic rings. The lowest BCUT2D eigenvalue weighted by molar-refractivity contribution is -0.149. The van der Waals surface area contributed by atoms with E-state index in [0.717, 1.165) is 25.3 Å². The van der Waals surface area contributed by atoms with Crippen molar-refractivity contribution < 1.29 is 4.74 Å². The molecule has 1 heterocycles. The van der Waals surface area contributed by atoms with Crippen molar-refractivity contribution in [3.05, 3.63) is 30.3 Å². The molecule has 0 radical (unpaired) electrons. The molecule has 3 rings (SSSR count). The van der Waals surface area contributed by atoms with Crippen LogP contribution in [0, 0.1) is 11.3 Å². The second-order valence-corrected chi connectivity index (χ2v) is 6.17. The molecule has 1 saturated carbocycles. The number of nitrogens with two attached hydrogens (primary N) is 1. The fraction of sp³-hybridized carbons (Fsp3) is 0.600. The Morgan fingerprint density at radius 2 is 2.06 bits per heavy atom. The molecule has 0 amide bonds. The van der Waals surface area contributed by atoms with Crippen LogP contribution in [0.4, 0.5) is 5.69 Å². The van der Waals surface area contributed by atoms with Crippen LogP contribution in [0.15, 0.2) is 30.3 Å². The van der Waals surface area contributed by atoms with E-state index in [2.05, 4.69) is 31.3 Å². The van der Waals surface area contributed by atoms with Crippen molar-refractivity contribution in [1.82, 2.24) is 0 Å². The summed E-state index contributed by atoms with van der Waals surface area (Å²) in [5, 5.41) is 3.47. The SMILES string of the molecule is CC1(C)C2OCCC2C1(N)CNc1ccccc1. The average molecular weight is 246 g/mol. The highest BCUT2D eigenvalue weighted by molar-refractivity contribution is 5.43. The first-order chi connectivity index (χ1) is 8.56. The summed E-state index contributed by atoms with van der Waals surface area (Å²) in [6, 6.07) is 10.3. The zero-order valence-electron chi connectivity index (χ0n) is 11.1. The highest BCUT2D eigenvalue weighted by atomic mass is 16.5. The molecule has 1 saturated heterocycles. The maximum atomic E-state index is 6.67. The van der Waals surface area contributed by atoms with Crippen LogP contribution in [0.25, 0.3) is 0 Å². The number of para-hydroxylation sites is 1. The number of hydrogen-bond donors (Lipinski definition) is 2. The van der Waals surface area contributed by atoms with Gasteiger partial charge in [-0.3, -0.25) is 0 Å². The molecule has 1 aromatic carbocycles. The Morgan fingerprint density at radius 3 is 2.78 bits per heavy atom. The predicted molar refractivity (Wildman–Crippen MR) is 73.5 cm³/mol. The highest BCUT2D eigenvalue weighted by Gasteiger charge is 2.67. The van der Waals surface area contributed by atoms with Crippen LogP contribution in [-0.4, -0.2) is 24.8 Å². The van der Waals surface area contributed by atoms with E-state index in [9.17, 15) is 0 Å². The zero-order valence-corrected chi connectivity index (χ0v) is 11.1. The molecule has 0 aromatic heterocycles. The third-order valence-corrected chi connectivity index (χ3v) is 5.02. The van der Waals surface area contributed by atoms with Crippen LogP contribution in [0.3, 0.4) is 0 Å². The summed E-state index contributed by atoms with van der Waals surface area (Å²) in [5.74, 6) is 0.503. The molecular formula is C15H22N2O. The Hall–Kier alpha value is -1.06. The summed E-state index contributed by atoms with van der Waals surface area (Å²) in [6.45, 7) is 6.13. The van der Waals surface area contributed by atoms with Crippen molar-refractivity contribution >= 4 is 5.69 Å². The summed E-state index contributed by atoms with van der Waals surface area (Å²) < 4.78 is 5.81. The first-order valence-electron chi connectivity index (χ1n) is 6.75. The number of rotatable bonds is 3. The molecule has 98 valence electrons. The van der Waals surface area contributed by atoms with Gasteiger partial charge in [0.15, 0.2) is 0 Å². The number of anilines is 1. The van der Waals surface area contributed by atoms with Gasteiger partial charge in [0.2, 0.25) is 0 Å². The Morgan fingerprint density at radius 1 is 1.33 bits per heavy atom. The lowest BCUT2D eigenvalue weighted by Gasteiger charge is -2.62. The van der Waals surface area contributed by atoms with Crippen LogP contribution in [-0.2, 0) is 4.74 Å². The van der Waals surface area contributed by atoms with Crippen molar-refractivity contribution in [3.63, 3.8) is 0 Å². The number of nitrogens with one attached hydrogen (secondary N) is 1. The molecule has 18 heavy (non-hydrogen) atoms. The monoisotopic (exact) mass is 246 g/mol. The molecule has 3 N–H and O–H groups in total. The van der Waals surface area contributed by atoms with E-state index in [1.165, 1.54) is 0 Å². The van der Waals surface area contributed by atoms with Gasteiger partial charge in [0.25, 0.3) is 0 Å². The summed E-state index contributed by atoms with van der Waals surface area (Å²) in [6.07, 6.45) is 1.45. The standard InChI is InChI=1S/C15H22N2O/c1-14(2)13-12(8-9-18-13)15(14,16)10-17-11-6-4-3-5-7-11/h3-7,12-13,17H,8-10,16H2,1-2H3. The Bertz CT molecular complexity index is 431. The molecule has 1 aliphatic heterocycles. The maximum Gasteiger partial charge on any atom is 0.0691 e. The molecule has 2 fully saturated rings. The molecule has 0 bridgehead atoms. The highest BCUT2D eigenvalue weighted by Crippen LogP contribution is 2.57. The lowest BCUT2D eigenvalue weighted by atomic mass is 9.48. The summed E-state index contributed by atoms with van der Waals surface area (Å²) >= 11 is 0. The maximum absolute atomic E-state index is 6.67. The predicted octanol–water partition coefficient (Wildman–Crippen LogP) is 2.24. The largest absolute Gasteiger partial charge is 0.383 e. The molecule has 3 heteroatoms.